The molecule has 3 N–H and O–H groups in total. The Balaban J connectivity index is 1.80. The van der Waals surface area contributed by atoms with Gasteiger partial charge in [0.15, 0.2) is 0 Å². The zero-order valence-electron chi connectivity index (χ0n) is 17.0. The van der Waals surface area contributed by atoms with Crippen LogP contribution < -0.4 is 10.6 Å². The molecule has 0 aliphatic heterocycles. The maximum absolute atomic E-state index is 9.00. The Morgan fingerprint density at radius 2 is 1.93 bits per heavy atom. The van der Waals surface area contributed by atoms with Crippen LogP contribution in [-0.4, -0.2) is 39.3 Å². The Morgan fingerprint density at radius 1 is 1.07 bits per heavy atom. The predicted octanol–water partition coefficient (Wildman–Crippen LogP) is 4.42. The van der Waals surface area contributed by atoms with Gasteiger partial charge in [-0.25, -0.2) is 4.98 Å². The van der Waals surface area contributed by atoms with Crippen LogP contribution in [0.3, 0.4) is 0 Å². The molecule has 0 radical (unpaired) electrons. The van der Waals surface area contributed by atoms with E-state index in [-0.39, 0.29) is 6.61 Å². The first kappa shape index (κ1) is 20.5. The van der Waals surface area contributed by atoms with E-state index in [4.69, 9.17) is 10.1 Å². The molecule has 2 aromatic heterocycles. The van der Waals surface area contributed by atoms with E-state index in [1.807, 2.05) is 18.5 Å². The van der Waals surface area contributed by atoms with Crippen molar-refractivity contribution in [2.75, 3.05) is 23.8 Å². The molecule has 152 valence electrons. The van der Waals surface area contributed by atoms with Crippen LogP contribution in [0.4, 0.5) is 11.8 Å². The van der Waals surface area contributed by atoms with Crippen molar-refractivity contribution in [1.82, 2.24) is 15.0 Å². The molecular formula is C22H33N5O. The number of hydrogen-bond acceptors (Lipinski definition) is 6. The number of aryl methyl sites for hydroxylation is 1. The molecule has 3 rings (SSSR count). The van der Waals surface area contributed by atoms with Crippen molar-refractivity contribution in [3.63, 3.8) is 0 Å². The van der Waals surface area contributed by atoms with E-state index in [2.05, 4.69) is 33.6 Å². The molecule has 1 fully saturated rings. The normalized spacial score (nSPS) is 14.8. The van der Waals surface area contributed by atoms with E-state index in [0.29, 0.717) is 12.0 Å². The summed E-state index contributed by atoms with van der Waals surface area (Å²) in [7, 11) is 0. The van der Waals surface area contributed by atoms with E-state index in [0.717, 1.165) is 54.9 Å². The van der Waals surface area contributed by atoms with Gasteiger partial charge in [0.05, 0.1) is 11.3 Å². The second-order valence-corrected chi connectivity index (χ2v) is 7.59. The molecule has 0 amide bonds. The zero-order valence-corrected chi connectivity index (χ0v) is 17.0. The van der Waals surface area contributed by atoms with Gasteiger partial charge in [0.1, 0.15) is 5.82 Å². The average Bonchev–Trinajstić information content (AvgIpc) is 2.74. The van der Waals surface area contributed by atoms with Gasteiger partial charge in [-0.05, 0) is 43.7 Å². The van der Waals surface area contributed by atoms with Gasteiger partial charge in [-0.15, -0.1) is 0 Å². The summed E-state index contributed by atoms with van der Waals surface area (Å²) in [5.41, 5.74) is 2.96. The van der Waals surface area contributed by atoms with Gasteiger partial charge in [0.25, 0.3) is 0 Å². The maximum Gasteiger partial charge on any atom is 0.224 e. The highest BCUT2D eigenvalue weighted by Gasteiger charge is 2.17. The second-order valence-electron chi connectivity index (χ2n) is 7.59. The minimum absolute atomic E-state index is 0.206. The van der Waals surface area contributed by atoms with Gasteiger partial charge < -0.3 is 15.7 Å². The number of aliphatic hydroxyl groups excluding tert-OH is 1. The second kappa shape index (κ2) is 11.0. The number of anilines is 2. The van der Waals surface area contributed by atoms with Crippen LogP contribution in [0.2, 0.25) is 0 Å². The van der Waals surface area contributed by atoms with Crippen molar-refractivity contribution < 1.29 is 5.11 Å². The highest BCUT2D eigenvalue weighted by Crippen LogP contribution is 2.29. The quantitative estimate of drug-likeness (QED) is 0.527. The summed E-state index contributed by atoms with van der Waals surface area (Å²) in [5, 5.41) is 16.0. The molecule has 0 aromatic carbocycles. The van der Waals surface area contributed by atoms with Gasteiger partial charge in [-0.2, -0.15) is 4.98 Å². The molecule has 2 aromatic rings. The van der Waals surface area contributed by atoms with Gasteiger partial charge in [-0.1, -0.05) is 38.7 Å². The molecule has 1 saturated carbocycles. The summed E-state index contributed by atoms with van der Waals surface area (Å²) in [5.74, 6) is 1.55. The number of hydrogen-bond donors (Lipinski definition) is 3. The molecule has 6 nitrogen and oxygen atoms in total. The standard InChI is InChI=1S/C22H33N5O/c1-2-3-13-23-22-25-16-19(20-12-11-17(15-24-20)8-7-14-28)21(27-22)26-18-9-5-4-6-10-18/h11-12,15-16,18,28H,2-10,13-14H2,1H3,(H2,23,25,26,27). The molecular weight excluding hydrogens is 350 g/mol. The Morgan fingerprint density at radius 3 is 2.64 bits per heavy atom. The van der Waals surface area contributed by atoms with Crippen LogP contribution in [0.15, 0.2) is 24.5 Å². The average molecular weight is 384 g/mol. The van der Waals surface area contributed by atoms with Crippen LogP contribution in [0.25, 0.3) is 11.3 Å². The summed E-state index contributed by atoms with van der Waals surface area (Å²) in [6, 6.07) is 4.58. The monoisotopic (exact) mass is 383 g/mol. The van der Waals surface area contributed by atoms with E-state index in [1.54, 1.807) is 0 Å². The zero-order chi connectivity index (χ0) is 19.6. The lowest BCUT2D eigenvalue weighted by Gasteiger charge is -2.24. The molecule has 0 bridgehead atoms. The summed E-state index contributed by atoms with van der Waals surface area (Å²) in [6.07, 6.45) is 13.9. The van der Waals surface area contributed by atoms with Gasteiger partial charge in [0, 0.05) is 31.6 Å². The first-order valence-corrected chi connectivity index (χ1v) is 10.7. The predicted molar refractivity (Wildman–Crippen MR) is 115 cm³/mol. The summed E-state index contributed by atoms with van der Waals surface area (Å²) in [4.78, 5) is 13.9. The highest BCUT2D eigenvalue weighted by molar-refractivity contribution is 5.72. The van der Waals surface area contributed by atoms with Crippen LogP contribution in [0.5, 0.6) is 0 Å². The number of nitrogens with one attached hydrogen (secondary N) is 2. The fraction of sp³-hybridized carbons (Fsp3) is 0.591. The molecule has 0 saturated heterocycles. The topological polar surface area (TPSA) is 83.0 Å². The minimum Gasteiger partial charge on any atom is -0.396 e. The number of aromatic nitrogens is 3. The van der Waals surface area contributed by atoms with Gasteiger partial charge in [-0.3, -0.25) is 4.98 Å². The van der Waals surface area contributed by atoms with Crippen molar-refractivity contribution in [2.24, 2.45) is 0 Å². The lowest BCUT2D eigenvalue weighted by atomic mass is 9.95. The molecule has 0 unspecified atom stereocenters. The Kier molecular flexibility index (Phi) is 8.03. The lowest BCUT2D eigenvalue weighted by molar-refractivity contribution is 0.288. The van der Waals surface area contributed by atoms with Gasteiger partial charge in [0.2, 0.25) is 5.95 Å². The number of nitrogens with zero attached hydrogens (tertiary/aromatic N) is 3. The summed E-state index contributed by atoms with van der Waals surface area (Å²) < 4.78 is 0. The first-order chi connectivity index (χ1) is 13.8. The fourth-order valence-electron chi connectivity index (χ4n) is 3.60. The van der Waals surface area contributed by atoms with Crippen LogP contribution >= 0.6 is 0 Å². The van der Waals surface area contributed by atoms with Crippen LogP contribution in [0.1, 0.15) is 63.9 Å². The summed E-state index contributed by atoms with van der Waals surface area (Å²) >= 11 is 0. The number of unbranched alkanes of at least 4 members (excludes halogenated alkanes) is 1. The Labute approximate surface area is 168 Å². The Hall–Kier alpha value is -2.21. The van der Waals surface area contributed by atoms with E-state index < -0.39 is 0 Å². The van der Waals surface area contributed by atoms with Crippen LogP contribution in [0, 0.1) is 0 Å². The number of pyridine rings is 1. The van der Waals surface area contributed by atoms with Crippen molar-refractivity contribution in [1.29, 1.82) is 0 Å². The van der Waals surface area contributed by atoms with Crippen molar-refractivity contribution >= 4 is 11.8 Å². The van der Waals surface area contributed by atoms with Crippen molar-refractivity contribution in [3.8, 4) is 11.3 Å². The van der Waals surface area contributed by atoms with Crippen LogP contribution in [-0.2, 0) is 6.42 Å². The Bertz CT molecular complexity index is 713. The first-order valence-electron chi connectivity index (χ1n) is 10.7. The van der Waals surface area contributed by atoms with Crippen molar-refractivity contribution in [2.45, 2.75) is 70.8 Å². The number of aliphatic hydroxyl groups is 1. The largest absolute Gasteiger partial charge is 0.396 e. The third-order valence-corrected chi connectivity index (χ3v) is 5.27. The van der Waals surface area contributed by atoms with E-state index >= 15 is 0 Å². The summed E-state index contributed by atoms with van der Waals surface area (Å²) in [6.45, 7) is 3.27. The SMILES string of the molecule is CCCCNc1ncc(-c2ccc(CCCO)cn2)c(NC2CCCCC2)n1. The molecule has 2 heterocycles. The van der Waals surface area contributed by atoms with E-state index in [1.165, 1.54) is 32.1 Å². The molecule has 28 heavy (non-hydrogen) atoms. The van der Waals surface area contributed by atoms with Crippen molar-refractivity contribution in [3.05, 3.63) is 30.1 Å². The lowest BCUT2D eigenvalue weighted by Crippen LogP contribution is -2.23. The highest BCUT2D eigenvalue weighted by atomic mass is 16.2. The third kappa shape index (κ3) is 5.89. The third-order valence-electron chi connectivity index (χ3n) is 5.27. The molecule has 0 spiro atoms. The maximum atomic E-state index is 9.00. The minimum atomic E-state index is 0.206. The fourth-order valence-corrected chi connectivity index (χ4v) is 3.60. The molecule has 6 heteroatoms. The number of rotatable bonds is 10. The van der Waals surface area contributed by atoms with Gasteiger partial charge >= 0.3 is 0 Å². The smallest absolute Gasteiger partial charge is 0.224 e. The van der Waals surface area contributed by atoms with E-state index in [9.17, 15) is 0 Å². The molecule has 1 aliphatic rings. The molecule has 0 atom stereocenters. The molecule has 1 aliphatic carbocycles.